The van der Waals surface area contributed by atoms with Gasteiger partial charge in [-0.1, -0.05) is 6.92 Å². The molecule has 15 heavy (non-hydrogen) atoms. The Morgan fingerprint density at radius 2 is 2.33 bits per heavy atom. The van der Waals surface area contributed by atoms with Crippen LogP contribution in [0.2, 0.25) is 0 Å². The van der Waals surface area contributed by atoms with Gasteiger partial charge in [0.2, 0.25) is 0 Å². The lowest BCUT2D eigenvalue weighted by Gasteiger charge is -2.38. The van der Waals surface area contributed by atoms with Gasteiger partial charge in [0, 0.05) is 13.7 Å². The van der Waals surface area contributed by atoms with Gasteiger partial charge in [-0.3, -0.25) is 9.69 Å². The maximum atomic E-state index is 11.2. The third-order valence-corrected chi connectivity index (χ3v) is 3.18. The average molecular weight is 215 g/mol. The van der Waals surface area contributed by atoms with E-state index in [1.54, 1.807) is 7.11 Å². The van der Waals surface area contributed by atoms with Gasteiger partial charge in [0.25, 0.3) is 0 Å². The van der Waals surface area contributed by atoms with E-state index in [-0.39, 0.29) is 18.1 Å². The van der Waals surface area contributed by atoms with E-state index in [0.717, 1.165) is 19.4 Å². The lowest BCUT2D eigenvalue weighted by Crippen LogP contribution is -2.51. The molecular weight excluding hydrogens is 194 g/mol. The van der Waals surface area contributed by atoms with Gasteiger partial charge >= 0.3 is 5.97 Å². The molecule has 4 heteroatoms. The molecule has 0 amide bonds. The molecule has 0 aromatic heterocycles. The number of carboxylic acids is 1. The second-order valence-electron chi connectivity index (χ2n) is 4.44. The first-order valence-corrected chi connectivity index (χ1v) is 5.56. The van der Waals surface area contributed by atoms with Crippen LogP contribution >= 0.6 is 0 Å². The normalized spacial score (nSPS) is 30.1. The molecule has 0 aromatic rings. The third-order valence-electron chi connectivity index (χ3n) is 3.18. The summed E-state index contributed by atoms with van der Waals surface area (Å²) in [6.07, 6.45) is 2.19. The highest BCUT2D eigenvalue weighted by Crippen LogP contribution is 2.23. The van der Waals surface area contributed by atoms with Crippen molar-refractivity contribution in [2.24, 2.45) is 5.92 Å². The van der Waals surface area contributed by atoms with E-state index in [2.05, 4.69) is 0 Å². The van der Waals surface area contributed by atoms with Gasteiger partial charge in [-0.15, -0.1) is 0 Å². The monoisotopic (exact) mass is 215 g/mol. The molecule has 1 aliphatic rings. The molecular formula is C11H21NO3. The molecule has 1 fully saturated rings. The number of carboxylic acid groups (broad SMARTS) is 1. The summed E-state index contributed by atoms with van der Waals surface area (Å²) in [6.45, 7) is 5.56. The van der Waals surface area contributed by atoms with Gasteiger partial charge in [-0.05, 0) is 32.2 Å². The van der Waals surface area contributed by atoms with Crippen molar-refractivity contribution in [2.75, 3.05) is 20.2 Å². The van der Waals surface area contributed by atoms with Gasteiger partial charge in [-0.2, -0.15) is 0 Å². The standard InChI is InChI=1S/C11H21NO3/c1-8-5-4-6-12(7-9(2)15-3)10(8)11(13)14/h8-10H,4-7H2,1-3H3,(H,13,14). The highest BCUT2D eigenvalue weighted by Gasteiger charge is 2.34. The number of hydrogen-bond acceptors (Lipinski definition) is 3. The predicted octanol–water partition coefficient (Wildman–Crippen LogP) is 1.21. The summed E-state index contributed by atoms with van der Waals surface area (Å²) in [5, 5.41) is 9.18. The Morgan fingerprint density at radius 1 is 1.67 bits per heavy atom. The van der Waals surface area contributed by atoms with Crippen LogP contribution in [0.5, 0.6) is 0 Å². The predicted molar refractivity (Wildman–Crippen MR) is 57.9 cm³/mol. The molecule has 4 nitrogen and oxygen atoms in total. The molecule has 0 aromatic carbocycles. The van der Waals surface area contributed by atoms with Crippen molar-refractivity contribution in [3.05, 3.63) is 0 Å². The molecule has 0 radical (unpaired) electrons. The van der Waals surface area contributed by atoms with Crippen molar-refractivity contribution in [1.29, 1.82) is 0 Å². The minimum atomic E-state index is -0.703. The maximum Gasteiger partial charge on any atom is 0.321 e. The van der Waals surface area contributed by atoms with Crippen molar-refractivity contribution in [3.63, 3.8) is 0 Å². The lowest BCUT2D eigenvalue weighted by molar-refractivity contribution is -0.147. The quantitative estimate of drug-likeness (QED) is 0.765. The fourth-order valence-corrected chi connectivity index (χ4v) is 2.28. The molecule has 1 heterocycles. The highest BCUT2D eigenvalue weighted by atomic mass is 16.5. The van der Waals surface area contributed by atoms with Gasteiger partial charge in [0.05, 0.1) is 6.10 Å². The number of nitrogens with zero attached hydrogens (tertiary/aromatic N) is 1. The minimum absolute atomic E-state index is 0.0946. The van der Waals surface area contributed by atoms with Crippen LogP contribution in [0, 0.1) is 5.92 Å². The topological polar surface area (TPSA) is 49.8 Å². The molecule has 0 aliphatic carbocycles. The SMILES string of the molecule is COC(C)CN1CCCC(C)C1C(=O)O. The molecule has 0 bridgehead atoms. The van der Waals surface area contributed by atoms with Crippen molar-refractivity contribution < 1.29 is 14.6 Å². The second-order valence-corrected chi connectivity index (χ2v) is 4.44. The zero-order valence-corrected chi connectivity index (χ0v) is 9.77. The Bertz CT molecular complexity index is 220. The zero-order valence-electron chi connectivity index (χ0n) is 9.77. The molecule has 88 valence electrons. The Labute approximate surface area is 91.2 Å². The number of piperidine rings is 1. The maximum absolute atomic E-state index is 11.2. The summed E-state index contributed by atoms with van der Waals surface area (Å²) in [5.41, 5.74) is 0. The van der Waals surface area contributed by atoms with Gasteiger partial charge in [0.15, 0.2) is 0 Å². The Balaban J connectivity index is 2.62. The Hall–Kier alpha value is -0.610. The van der Waals surface area contributed by atoms with E-state index in [1.165, 1.54) is 0 Å². The summed E-state index contributed by atoms with van der Waals surface area (Å²) in [4.78, 5) is 13.2. The van der Waals surface area contributed by atoms with Crippen LogP contribution in [0.15, 0.2) is 0 Å². The summed E-state index contributed by atoms with van der Waals surface area (Å²) < 4.78 is 5.18. The second kappa shape index (κ2) is 5.47. The smallest absolute Gasteiger partial charge is 0.321 e. The average Bonchev–Trinajstić information content (AvgIpc) is 2.17. The molecule has 1 saturated heterocycles. The van der Waals surface area contributed by atoms with Crippen molar-refractivity contribution >= 4 is 5.97 Å². The molecule has 1 rings (SSSR count). The Kier molecular flexibility index (Phi) is 4.54. The first-order valence-electron chi connectivity index (χ1n) is 5.56. The van der Waals surface area contributed by atoms with Gasteiger partial charge < -0.3 is 9.84 Å². The molecule has 3 atom stereocenters. The summed E-state index contributed by atoms with van der Waals surface area (Å²) >= 11 is 0. The number of carbonyl (C=O) groups is 1. The van der Waals surface area contributed by atoms with Crippen molar-refractivity contribution in [3.8, 4) is 0 Å². The zero-order chi connectivity index (χ0) is 11.4. The number of methoxy groups -OCH3 is 1. The molecule has 1 N–H and O–H groups in total. The number of rotatable bonds is 4. The van der Waals surface area contributed by atoms with E-state index in [0.29, 0.717) is 6.54 Å². The molecule has 0 saturated carbocycles. The summed E-state index contributed by atoms with van der Waals surface area (Å²) in [6, 6.07) is -0.337. The van der Waals surface area contributed by atoms with E-state index < -0.39 is 5.97 Å². The number of hydrogen-bond donors (Lipinski definition) is 1. The summed E-state index contributed by atoms with van der Waals surface area (Å²) in [5.74, 6) is -0.467. The van der Waals surface area contributed by atoms with Crippen LogP contribution in [0.3, 0.4) is 0 Å². The lowest BCUT2D eigenvalue weighted by atomic mass is 9.90. The minimum Gasteiger partial charge on any atom is -0.480 e. The molecule has 3 unspecified atom stereocenters. The van der Waals surface area contributed by atoms with Crippen LogP contribution in [-0.2, 0) is 9.53 Å². The van der Waals surface area contributed by atoms with Gasteiger partial charge in [-0.25, -0.2) is 0 Å². The molecule has 1 aliphatic heterocycles. The fraction of sp³-hybridized carbons (Fsp3) is 0.909. The first kappa shape index (κ1) is 12.5. The molecule has 0 spiro atoms. The summed E-state index contributed by atoms with van der Waals surface area (Å²) in [7, 11) is 1.66. The van der Waals surface area contributed by atoms with Gasteiger partial charge in [0.1, 0.15) is 6.04 Å². The number of likely N-dealkylation sites (tertiary alicyclic amines) is 1. The largest absolute Gasteiger partial charge is 0.480 e. The first-order chi connectivity index (χ1) is 7.06. The van der Waals surface area contributed by atoms with E-state index >= 15 is 0 Å². The number of aliphatic carboxylic acids is 1. The highest BCUT2D eigenvalue weighted by molar-refractivity contribution is 5.74. The van der Waals surface area contributed by atoms with Crippen molar-refractivity contribution in [2.45, 2.75) is 38.8 Å². The van der Waals surface area contributed by atoms with E-state index in [9.17, 15) is 9.90 Å². The van der Waals surface area contributed by atoms with E-state index in [4.69, 9.17) is 4.74 Å². The third kappa shape index (κ3) is 3.18. The van der Waals surface area contributed by atoms with Crippen LogP contribution in [0.1, 0.15) is 26.7 Å². The van der Waals surface area contributed by atoms with Crippen LogP contribution < -0.4 is 0 Å². The fourth-order valence-electron chi connectivity index (χ4n) is 2.28. The Morgan fingerprint density at radius 3 is 2.87 bits per heavy atom. The van der Waals surface area contributed by atoms with E-state index in [1.807, 2.05) is 18.7 Å². The van der Waals surface area contributed by atoms with Crippen LogP contribution in [0.4, 0.5) is 0 Å². The van der Waals surface area contributed by atoms with Crippen LogP contribution in [-0.4, -0.2) is 48.3 Å². The van der Waals surface area contributed by atoms with Crippen LogP contribution in [0.25, 0.3) is 0 Å². The number of ether oxygens (including phenoxy) is 1. The van der Waals surface area contributed by atoms with Crippen molar-refractivity contribution in [1.82, 2.24) is 4.90 Å².